The topological polar surface area (TPSA) is 60.9 Å². The van der Waals surface area contributed by atoms with E-state index >= 15 is 0 Å². The highest BCUT2D eigenvalue weighted by Crippen LogP contribution is 2.36. The fraction of sp³-hybridized carbons (Fsp3) is 0.318. The summed E-state index contributed by atoms with van der Waals surface area (Å²) < 4.78 is 6.98. The van der Waals surface area contributed by atoms with Gasteiger partial charge in [0.25, 0.3) is 5.56 Å². The fourth-order valence-electron chi connectivity index (χ4n) is 4.01. The summed E-state index contributed by atoms with van der Waals surface area (Å²) >= 11 is 3.21. The second kappa shape index (κ2) is 7.15. The first kappa shape index (κ1) is 18.6. The molecule has 0 radical (unpaired) electrons. The highest BCUT2D eigenvalue weighted by Gasteiger charge is 2.24. The lowest BCUT2D eigenvalue weighted by Crippen LogP contribution is -2.22. The molecule has 3 aromatic heterocycles. The quantitative estimate of drug-likeness (QED) is 0.336. The molecule has 0 saturated heterocycles. The lowest BCUT2D eigenvalue weighted by Gasteiger charge is -2.14. The number of nitrogens with zero attached hydrogens (tertiary/aromatic N) is 3. The zero-order chi connectivity index (χ0) is 20.1. The highest BCUT2D eigenvalue weighted by molar-refractivity contribution is 7.98. The molecule has 3 heterocycles. The van der Waals surface area contributed by atoms with Gasteiger partial charge in [-0.25, -0.2) is 4.98 Å². The van der Waals surface area contributed by atoms with Crippen molar-refractivity contribution < 1.29 is 4.52 Å². The molecule has 0 bridgehead atoms. The van der Waals surface area contributed by atoms with Gasteiger partial charge in [-0.2, -0.15) is 0 Å². The maximum absolute atomic E-state index is 13.7. The summed E-state index contributed by atoms with van der Waals surface area (Å²) in [7, 11) is 0. The number of hydrogen-bond acceptors (Lipinski definition) is 6. The number of hydrogen-bond donors (Lipinski definition) is 0. The Labute approximate surface area is 176 Å². The molecule has 7 heteroatoms. The Balaban J connectivity index is 1.70. The van der Waals surface area contributed by atoms with Crippen molar-refractivity contribution in [3.63, 3.8) is 0 Å². The molecule has 4 aromatic rings. The van der Waals surface area contributed by atoms with Crippen molar-refractivity contribution in [2.24, 2.45) is 0 Å². The van der Waals surface area contributed by atoms with Crippen LogP contribution in [0.25, 0.3) is 15.9 Å². The van der Waals surface area contributed by atoms with Gasteiger partial charge in [0, 0.05) is 16.7 Å². The number of fused-ring (bicyclic) bond motifs is 3. The molecule has 0 unspecified atom stereocenters. The average Bonchev–Trinajstić information content (AvgIpc) is 3.37. The Morgan fingerprint density at radius 1 is 1.21 bits per heavy atom. The van der Waals surface area contributed by atoms with E-state index in [1.165, 1.54) is 27.8 Å². The van der Waals surface area contributed by atoms with Crippen molar-refractivity contribution in [2.75, 3.05) is 0 Å². The van der Waals surface area contributed by atoms with Gasteiger partial charge in [0.15, 0.2) is 5.16 Å². The SMILES string of the molecule is Cc1ccc(-n2c(SCc3cc(C)on3)nc3sc4c(c3c2=O)CCC4)c(C)c1. The molecule has 0 N–H and O–H groups in total. The van der Waals surface area contributed by atoms with Crippen LogP contribution in [0, 0.1) is 20.8 Å². The van der Waals surface area contributed by atoms with Gasteiger partial charge in [-0.05, 0) is 57.2 Å². The number of aromatic nitrogens is 3. The summed E-state index contributed by atoms with van der Waals surface area (Å²) in [4.78, 5) is 20.8. The van der Waals surface area contributed by atoms with Crippen molar-refractivity contribution in [3.05, 3.63) is 67.6 Å². The van der Waals surface area contributed by atoms with Gasteiger partial charge in [-0.1, -0.05) is 34.6 Å². The number of aryl methyl sites for hydroxylation is 5. The maximum atomic E-state index is 13.7. The molecule has 0 fully saturated rings. The summed E-state index contributed by atoms with van der Waals surface area (Å²) in [5.74, 6) is 1.39. The van der Waals surface area contributed by atoms with Gasteiger partial charge >= 0.3 is 0 Å². The molecule has 1 aliphatic carbocycles. The highest BCUT2D eigenvalue weighted by atomic mass is 32.2. The van der Waals surface area contributed by atoms with E-state index < -0.39 is 0 Å². The molecule has 0 spiro atoms. The Bertz CT molecular complexity index is 1300. The first-order chi connectivity index (χ1) is 14.0. The normalized spacial score (nSPS) is 13.3. The number of rotatable bonds is 4. The molecule has 5 rings (SSSR count). The first-order valence-corrected chi connectivity index (χ1v) is 11.5. The predicted molar refractivity (Wildman–Crippen MR) is 118 cm³/mol. The van der Waals surface area contributed by atoms with Gasteiger partial charge in [0.2, 0.25) is 0 Å². The van der Waals surface area contributed by atoms with Crippen LogP contribution < -0.4 is 5.56 Å². The molecule has 0 amide bonds. The Hall–Kier alpha value is -2.38. The van der Waals surface area contributed by atoms with Gasteiger partial charge in [0.1, 0.15) is 10.6 Å². The fourth-order valence-corrected chi connectivity index (χ4v) is 6.20. The van der Waals surface area contributed by atoms with Crippen LogP contribution in [0.4, 0.5) is 0 Å². The third-order valence-electron chi connectivity index (χ3n) is 5.33. The molecule has 5 nitrogen and oxygen atoms in total. The van der Waals surface area contributed by atoms with Gasteiger partial charge in [-0.3, -0.25) is 9.36 Å². The Morgan fingerprint density at radius 2 is 2.07 bits per heavy atom. The number of benzene rings is 1. The van der Waals surface area contributed by atoms with Crippen molar-refractivity contribution in [2.45, 2.75) is 50.9 Å². The van der Waals surface area contributed by atoms with Crippen molar-refractivity contribution in [3.8, 4) is 5.69 Å². The van der Waals surface area contributed by atoms with E-state index in [2.05, 4.69) is 18.1 Å². The Morgan fingerprint density at radius 3 is 2.83 bits per heavy atom. The summed E-state index contributed by atoms with van der Waals surface area (Å²) in [5.41, 5.74) is 5.25. The molecule has 1 aromatic carbocycles. The zero-order valence-electron chi connectivity index (χ0n) is 16.6. The van der Waals surface area contributed by atoms with Crippen LogP contribution in [0.15, 0.2) is 38.7 Å². The second-order valence-corrected chi connectivity index (χ2v) is 9.61. The lowest BCUT2D eigenvalue weighted by molar-refractivity contribution is 0.393. The van der Waals surface area contributed by atoms with Crippen LogP contribution in [0.3, 0.4) is 0 Å². The molecule has 0 saturated carbocycles. The molecule has 29 heavy (non-hydrogen) atoms. The van der Waals surface area contributed by atoms with Crippen molar-refractivity contribution in [1.82, 2.24) is 14.7 Å². The third-order valence-corrected chi connectivity index (χ3v) is 7.49. The van der Waals surface area contributed by atoms with E-state index in [1.807, 2.05) is 32.0 Å². The Kier molecular flexibility index (Phi) is 4.59. The van der Waals surface area contributed by atoms with Crippen LogP contribution in [0.5, 0.6) is 0 Å². The number of thioether (sulfide) groups is 1. The smallest absolute Gasteiger partial charge is 0.267 e. The van der Waals surface area contributed by atoms with E-state index in [9.17, 15) is 4.79 Å². The minimum Gasteiger partial charge on any atom is -0.361 e. The average molecular weight is 424 g/mol. The first-order valence-electron chi connectivity index (χ1n) is 9.71. The molecule has 148 valence electrons. The molecular weight excluding hydrogens is 402 g/mol. The predicted octanol–water partition coefficient (Wildman–Crippen LogP) is 5.14. The summed E-state index contributed by atoms with van der Waals surface area (Å²) in [6.45, 7) is 5.99. The van der Waals surface area contributed by atoms with E-state index in [-0.39, 0.29) is 5.56 Å². The third kappa shape index (κ3) is 3.22. The summed E-state index contributed by atoms with van der Waals surface area (Å²) in [6, 6.07) is 8.10. The maximum Gasteiger partial charge on any atom is 0.267 e. The van der Waals surface area contributed by atoms with E-state index in [1.54, 1.807) is 15.9 Å². The summed E-state index contributed by atoms with van der Waals surface area (Å²) in [6.07, 6.45) is 3.16. The van der Waals surface area contributed by atoms with Crippen LogP contribution in [-0.2, 0) is 18.6 Å². The molecule has 0 aliphatic heterocycles. The minimum atomic E-state index is 0.0418. The monoisotopic (exact) mass is 423 g/mol. The van der Waals surface area contributed by atoms with E-state index in [0.29, 0.717) is 10.9 Å². The molecular formula is C22H21N3O2S2. The number of thiophene rings is 1. The van der Waals surface area contributed by atoms with Crippen molar-refractivity contribution >= 4 is 33.3 Å². The van der Waals surface area contributed by atoms with Crippen LogP contribution in [0.2, 0.25) is 0 Å². The van der Waals surface area contributed by atoms with Gasteiger partial charge in [0.05, 0.1) is 16.8 Å². The summed E-state index contributed by atoms with van der Waals surface area (Å²) in [5, 5.41) is 5.59. The zero-order valence-corrected chi connectivity index (χ0v) is 18.2. The second-order valence-electron chi connectivity index (χ2n) is 7.58. The standard InChI is InChI=1S/C22H21N3O2S2/c1-12-7-8-17(13(2)9-12)25-21(26)19-16-5-4-6-18(16)29-20(19)23-22(25)28-11-15-10-14(3)27-24-15/h7-10H,4-6,11H2,1-3H3. The van der Waals surface area contributed by atoms with Gasteiger partial charge < -0.3 is 4.52 Å². The van der Waals surface area contributed by atoms with Crippen molar-refractivity contribution in [1.29, 1.82) is 0 Å². The van der Waals surface area contributed by atoms with E-state index in [0.717, 1.165) is 52.2 Å². The van der Waals surface area contributed by atoms with Crippen LogP contribution in [0.1, 0.15) is 39.4 Å². The van der Waals surface area contributed by atoms with Crippen LogP contribution in [-0.4, -0.2) is 14.7 Å². The minimum absolute atomic E-state index is 0.0418. The lowest BCUT2D eigenvalue weighted by atomic mass is 10.1. The van der Waals surface area contributed by atoms with E-state index in [4.69, 9.17) is 9.51 Å². The molecule has 1 aliphatic rings. The molecule has 0 atom stereocenters. The van der Waals surface area contributed by atoms with Gasteiger partial charge in [-0.15, -0.1) is 11.3 Å². The van der Waals surface area contributed by atoms with Crippen LogP contribution >= 0.6 is 23.1 Å². The largest absolute Gasteiger partial charge is 0.361 e.